The molecule has 0 aromatic carbocycles. The summed E-state index contributed by atoms with van der Waals surface area (Å²) in [5.74, 6) is 1.19. The van der Waals surface area contributed by atoms with Gasteiger partial charge in [-0.25, -0.2) is 4.98 Å². The lowest BCUT2D eigenvalue weighted by Gasteiger charge is -2.44. The molecule has 2 atom stereocenters. The smallest absolute Gasteiger partial charge is 0.108 e. The van der Waals surface area contributed by atoms with Crippen LogP contribution in [0.2, 0.25) is 0 Å². The summed E-state index contributed by atoms with van der Waals surface area (Å²) in [6.45, 7) is 7.26. The summed E-state index contributed by atoms with van der Waals surface area (Å²) in [4.78, 5) is 7.14. The fraction of sp³-hybridized carbons (Fsp3) is 0.812. The molecule has 1 aromatic rings. The third-order valence-corrected chi connectivity index (χ3v) is 5.22. The van der Waals surface area contributed by atoms with E-state index in [4.69, 9.17) is 0 Å². The van der Waals surface area contributed by atoms with Gasteiger partial charge in [0.05, 0.1) is 0 Å². The predicted molar refractivity (Wildman–Crippen MR) is 83.9 cm³/mol. The van der Waals surface area contributed by atoms with Crippen molar-refractivity contribution in [3.63, 3.8) is 0 Å². The summed E-state index contributed by atoms with van der Waals surface area (Å²) >= 11 is 0. The van der Waals surface area contributed by atoms with Crippen LogP contribution in [0.1, 0.15) is 45.4 Å². The van der Waals surface area contributed by atoms with Crippen molar-refractivity contribution in [1.82, 2.24) is 19.8 Å². The van der Waals surface area contributed by atoms with Crippen LogP contribution in [-0.2, 0) is 13.5 Å². The Kier molecular flexibility index (Phi) is 5.22. The van der Waals surface area contributed by atoms with Gasteiger partial charge in [0.15, 0.2) is 0 Å². The van der Waals surface area contributed by atoms with Crippen LogP contribution in [0.4, 0.5) is 0 Å². The second-order valence-corrected chi connectivity index (χ2v) is 6.24. The van der Waals surface area contributed by atoms with Gasteiger partial charge in [0.25, 0.3) is 0 Å². The fourth-order valence-corrected chi connectivity index (χ4v) is 3.60. The van der Waals surface area contributed by atoms with E-state index in [1.54, 1.807) is 0 Å². The first-order chi connectivity index (χ1) is 9.61. The third-order valence-electron chi connectivity index (χ3n) is 5.22. The summed E-state index contributed by atoms with van der Waals surface area (Å²) < 4.78 is 2.13. The number of likely N-dealkylation sites (N-methyl/N-ethyl adjacent to an activating group) is 1. The van der Waals surface area contributed by atoms with Crippen molar-refractivity contribution in [3.8, 4) is 0 Å². The lowest BCUT2D eigenvalue weighted by molar-refractivity contribution is 0.0834. The molecule has 0 spiro atoms. The van der Waals surface area contributed by atoms with Crippen LogP contribution in [0.15, 0.2) is 12.4 Å². The maximum absolute atomic E-state index is 4.45. The molecule has 4 nitrogen and oxygen atoms in total. The van der Waals surface area contributed by atoms with Crippen molar-refractivity contribution >= 4 is 0 Å². The molecule has 0 aliphatic carbocycles. The summed E-state index contributed by atoms with van der Waals surface area (Å²) in [5, 5.41) is 3.57. The van der Waals surface area contributed by atoms with Gasteiger partial charge in [0.2, 0.25) is 0 Å². The predicted octanol–water partition coefficient (Wildman–Crippen LogP) is 2.21. The van der Waals surface area contributed by atoms with E-state index in [0.717, 1.165) is 12.8 Å². The molecule has 1 saturated heterocycles. The van der Waals surface area contributed by atoms with E-state index < -0.39 is 0 Å². The molecule has 0 bridgehead atoms. The molecule has 4 heteroatoms. The number of nitrogens with zero attached hydrogens (tertiary/aromatic N) is 3. The monoisotopic (exact) mass is 278 g/mol. The lowest BCUT2D eigenvalue weighted by Crippen LogP contribution is -2.57. The van der Waals surface area contributed by atoms with Crippen LogP contribution >= 0.6 is 0 Å². The molecule has 0 radical (unpaired) electrons. The molecule has 2 rings (SSSR count). The molecule has 20 heavy (non-hydrogen) atoms. The van der Waals surface area contributed by atoms with E-state index in [9.17, 15) is 0 Å². The van der Waals surface area contributed by atoms with E-state index in [0.29, 0.717) is 6.04 Å². The zero-order chi connectivity index (χ0) is 14.6. The number of imidazole rings is 1. The number of likely N-dealkylation sites (tertiary alicyclic amines) is 1. The van der Waals surface area contributed by atoms with Crippen LogP contribution in [-0.4, -0.2) is 46.2 Å². The van der Waals surface area contributed by atoms with Crippen LogP contribution in [0.5, 0.6) is 0 Å². The highest BCUT2D eigenvalue weighted by atomic mass is 15.2. The van der Waals surface area contributed by atoms with Gasteiger partial charge in [-0.1, -0.05) is 6.92 Å². The lowest BCUT2D eigenvalue weighted by atomic mass is 9.84. The quantitative estimate of drug-likeness (QED) is 0.830. The summed E-state index contributed by atoms with van der Waals surface area (Å²) in [5.41, 5.74) is 0.260. The number of hydrogen-bond acceptors (Lipinski definition) is 3. The van der Waals surface area contributed by atoms with Gasteiger partial charge < -0.3 is 9.88 Å². The third kappa shape index (κ3) is 3.07. The molecule has 114 valence electrons. The SMILES string of the molecule is CCC(C)(C(CCc1nccn1C)NC)N1CCCC1. The first kappa shape index (κ1) is 15.5. The Labute approximate surface area is 123 Å². The van der Waals surface area contributed by atoms with Crippen LogP contribution in [0.3, 0.4) is 0 Å². The normalized spacial score (nSPS) is 21.0. The van der Waals surface area contributed by atoms with E-state index >= 15 is 0 Å². The Morgan fingerprint density at radius 1 is 1.40 bits per heavy atom. The summed E-state index contributed by atoms with van der Waals surface area (Å²) in [6, 6.07) is 0.516. The van der Waals surface area contributed by atoms with Gasteiger partial charge in [-0.3, -0.25) is 4.90 Å². The van der Waals surface area contributed by atoms with Crippen molar-refractivity contribution in [2.45, 2.75) is 57.5 Å². The first-order valence-corrected chi connectivity index (χ1v) is 8.00. The van der Waals surface area contributed by atoms with E-state index in [1.165, 1.54) is 38.2 Å². The minimum atomic E-state index is 0.260. The van der Waals surface area contributed by atoms with Crippen molar-refractivity contribution in [2.75, 3.05) is 20.1 Å². The molecule has 1 fully saturated rings. The highest BCUT2D eigenvalue weighted by Crippen LogP contribution is 2.29. The van der Waals surface area contributed by atoms with Crippen molar-refractivity contribution < 1.29 is 0 Å². The van der Waals surface area contributed by atoms with E-state index in [-0.39, 0.29) is 5.54 Å². The Balaban J connectivity index is 2.03. The van der Waals surface area contributed by atoms with Gasteiger partial charge in [0, 0.05) is 37.4 Å². The Bertz CT molecular complexity index is 408. The molecule has 0 saturated carbocycles. The van der Waals surface area contributed by atoms with Crippen LogP contribution in [0, 0.1) is 0 Å². The van der Waals surface area contributed by atoms with Gasteiger partial charge in [0.1, 0.15) is 5.82 Å². The number of aromatic nitrogens is 2. The highest BCUT2D eigenvalue weighted by molar-refractivity contribution is 5.00. The van der Waals surface area contributed by atoms with Gasteiger partial charge in [-0.2, -0.15) is 0 Å². The minimum absolute atomic E-state index is 0.260. The molecule has 1 aliphatic rings. The van der Waals surface area contributed by atoms with Gasteiger partial charge in [-0.15, -0.1) is 0 Å². The zero-order valence-corrected chi connectivity index (χ0v) is 13.5. The van der Waals surface area contributed by atoms with Crippen molar-refractivity contribution in [1.29, 1.82) is 0 Å². The maximum Gasteiger partial charge on any atom is 0.108 e. The summed E-state index contributed by atoms with van der Waals surface area (Å²) in [7, 11) is 4.18. The van der Waals surface area contributed by atoms with E-state index in [2.05, 4.69) is 47.7 Å². The number of hydrogen-bond donors (Lipinski definition) is 1. The zero-order valence-electron chi connectivity index (χ0n) is 13.5. The molecule has 1 aliphatic heterocycles. The van der Waals surface area contributed by atoms with Gasteiger partial charge in [-0.05, 0) is 52.7 Å². The molecule has 1 aromatic heterocycles. The van der Waals surface area contributed by atoms with Gasteiger partial charge >= 0.3 is 0 Å². The van der Waals surface area contributed by atoms with Crippen molar-refractivity contribution in [3.05, 3.63) is 18.2 Å². The highest BCUT2D eigenvalue weighted by Gasteiger charge is 2.38. The number of rotatable bonds is 7. The average molecular weight is 278 g/mol. The Hall–Kier alpha value is -0.870. The largest absolute Gasteiger partial charge is 0.338 e. The second-order valence-electron chi connectivity index (χ2n) is 6.24. The second kappa shape index (κ2) is 6.72. The minimum Gasteiger partial charge on any atom is -0.338 e. The summed E-state index contributed by atoms with van der Waals surface area (Å²) in [6.07, 6.45) is 10.0. The van der Waals surface area contributed by atoms with Crippen molar-refractivity contribution in [2.24, 2.45) is 7.05 Å². The Morgan fingerprint density at radius 2 is 2.10 bits per heavy atom. The topological polar surface area (TPSA) is 33.1 Å². The standard InChI is InChI=1S/C16H30N4/c1-5-16(2,20-11-6-7-12-20)14(17-3)8-9-15-18-10-13-19(15)4/h10,13-14,17H,5-9,11-12H2,1-4H3. The maximum atomic E-state index is 4.45. The molecule has 2 unspecified atom stereocenters. The fourth-order valence-electron chi connectivity index (χ4n) is 3.60. The molecule has 0 amide bonds. The van der Waals surface area contributed by atoms with Crippen LogP contribution < -0.4 is 5.32 Å². The van der Waals surface area contributed by atoms with E-state index in [1.807, 2.05) is 12.4 Å². The Morgan fingerprint density at radius 3 is 2.60 bits per heavy atom. The number of aryl methyl sites for hydroxylation is 2. The van der Waals surface area contributed by atoms with Crippen LogP contribution in [0.25, 0.3) is 0 Å². The molecule has 2 heterocycles. The molecule has 1 N–H and O–H groups in total. The molecular formula is C16H30N4. The first-order valence-electron chi connectivity index (χ1n) is 8.00. The molecular weight excluding hydrogens is 248 g/mol. The number of nitrogens with one attached hydrogen (secondary N) is 1. The average Bonchev–Trinajstić information content (AvgIpc) is 3.11.